The van der Waals surface area contributed by atoms with Gasteiger partial charge in [0.25, 0.3) is 5.91 Å². The highest BCUT2D eigenvalue weighted by molar-refractivity contribution is 7.14. The lowest BCUT2D eigenvalue weighted by Gasteiger charge is -2.05. The standard InChI is InChI=1S/C18H12F3N3O2S/c19-10-5-6-14(21)12(7-10)15-9-27-18(23-15)24-16(25)8-22-17(26)11-3-1-2-4-13(11)20/h1-7,9H,8H2,(H,22,26)(H,23,24,25). The Bertz CT molecular complexity index is 1010. The molecule has 2 amide bonds. The maximum Gasteiger partial charge on any atom is 0.254 e. The molecule has 0 aliphatic heterocycles. The summed E-state index contributed by atoms with van der Waals surface area (Å²) in [7, 11) is 0. The summed E-state index contributed by atoms with van der Waals surface area (Å²) in [5.74, 6) is -3.28. The molecule has 3 aromatic rings. The first-order valence-electron chi connectivity index (χ1n) is 7.67. The van der Waals surface area contributed by atoms with Gasteiger partial charge in [-0.25, -0.2) is 18.2 Å². The van der Waals surface area contributed by atoms with Crippen molar-refractivity contribution in [3.8, 4) is 11.3 Å². The summed E-state index contributed by atoms with van der Waals surface area (Å²) in [5, 5.41) is 6.34. The third-order valence-electron chi connectivity index (χ3n) is 3.48. The highest BCUT2D eigenvalue weighted by Crippen LogP contribution is 2.27. The summed E-state index contributed by atoms with van der Waals surface area (Å²) >= 11 is 1.02. The topological polar surface area (TPSA) is 71.1 Å². The summed E-state index contributed by atoms with van der Waals surface area (Å²) in [6.45, 7) is -0.406. The van der Waals surface area contributed by atoms with E-state index >= 15 is 0 Å². The van der Waals surface area contributed by atoms with Gasteiger partial charge in [-0.3, -0.25) is 9.59 Å². The number of carbonyl (C=O) groups is 2. The van der Waals surface area contributed by atoms with Crippen LogP contribution in [0.5, 0.6) is 0 Å². The zero-order valence-corrected chi connectivity index (χ0v) is 14.4. The second kappa shape index (κ2) is 8.00. The van der Waals surface area contributed by atoms with Gasteiger partial charge in [-0.15, -0.1) is 11.3 Å². The molecule has 0 aliphatic carbocycles. The molecule has 0 radical (unpaired) electrons. The van der Waals surface area contributed by atoms with E-state index in [1.54, 1.807) is 0 Å². The number of hydrogen-bond donors (Lipinski definition) is 2. The summed E-state index contributed by atoms with van der Waals surface area (Å²) < 4.78 is 40.5. The van der Waals surface area contributed by atoms with Crippen molar-refractivity contribution in [3.05, 3.63) is 70.9 Å². The minimum atomic E-state index is -0.732. The van der Waals surface area contributed by atoms with Crippen LogP contribution in [0, 0.1) is 17.5 Å². The van der Waals surface area contributed by atoms with Crippen molar-refractivity contribution in [2.75, 3.05) is 11.9 Å². The molecule has 2 aromatic carbocycles. The van der Waals surface area contributed by atoms with Gasteiger partial charge >= 0.3 is 0 Å². The second-order valence-corrected chi connectivity index (χ2v) is 6.23. The monoisotopic (exact) mass is 391 g/mol. The molecule has 138 valence electrons. The quantitative estimate of drug-likeness (QED) is 0.698. The van der Waals surface area contributed by atoms with Gasteiger partial charge in [0.1, 0.15) is 17.5 Å². The summed E-state index contributed by atoms with van der Waals surface area (Å²) in [4.78, 5) is 27.8. The number of carbonyl (C=O) groups excluding carboxylic acids is 2. The normalized spacial score (nSPS) is 10.5. The first-order chi connectivity index (χ1) is 12.9. The lowest BCUT2D eigenvalue weighted by Crippen LogP contribution is -2.33. The van der Waals surface area contributed by atoms with Crippen molar-refractivity contribution in [1.29, 1.82) is 0 Å². The van der Waals surface area contributed by atoms with Gasteiger partial charge in [0.2, 0.25) is 5.91 Å². The SMILES string of the molecule is O=C(CNC(=O)c1ccccc1F)Nc1nc(-c2cc(F)ccc2F)cs1. The molecule has 5 nitrogen and oxygen atoms in total. The fourth-order valence-corrected chi connectivity index (χ4v) is 2.94. The fraction of sp³-hybridized carbons (Fsp3) is 0.0556. The number of rotatable bonds is 5. The molecule has 9 heteroatoms. The third-order valence-corrected chi connectivity index (χ3v) is 4.24. The summed E-state index contributed by atoms with van der Waals surface area (Å²) in [6.07, 6.45) is 0. The van der Waals surface area contributed by atoms with Crippen molar-refractivity contribution in [2.24, 2.45) is 0 Å². The number of halogens is 3. The Morgan fingerprint density at radius 1 is 1.04 bits per heavy atom. The van der Waals surface area contributed by atoms with E-state index in [2.05, 4.69) is 15.6 Å². The lowest BCUT2D eigenvalue weighted by molar-refractivity contribution is -0.115. The predicted octanol–water partition coefficient (Wildman–Crippen LogP) is 3.60. The minimum Gasteiger partial charge on any atom is -0.343 e. The number of anilines is 1. The van der Waals surface area contributed by atoms with Crippen molar-refractivity contribution in [2.45, 2.75) is 0 Å². The first kappa shape index (κ1) is 18.6. The van der Waals surface area contributed by atoms with E-state index in [0.29, 0.717) is 0 Å². The third kappa shape index (κ3) is 4.50. The molecule has 2 N–H and O–H groups in total. The molecule has 0 bridgehead atoms. The van der Waals surface area contributed by atoms with Crippen LogP contribution in [0.15, 0.2) is 47.8 Å². The Balaban J connectivity index is 1.60. The van der Waals surface area contributed by atoms with Gasteiger partial charge < -0.3 is 10.6 Å². The molecule has 1 heterocycles. The number of aromatic nitrogens is 1. The van der Waals surface area contributed by atoms with Gasteiger partial charge in [0, 0.05) is 10.9 Å². The predicted molar refractivity (Wildman–Crippen MR) is 94.8 cm³/mol. The number of nitrogens with one attached hydrogen (secondary N) is 2. The van der Waals surface area contributed by atoms with Crippen LogP contribution in [0.2, 0.25) is 0 Å². The maximum atomic E-state index is 13.8. The molecule has 1 aromatic heterocycles. The van der Waals surface area contributed by atoms with Gasteiger partial charge in [-0.1, -0.05) is 12.1 Å². The summed E-state index contributed by atoms with van der Waals surface area (Å²) in [6, 6.07) is 8.36. The Morgan fingerprint density at radius 2 is 1.81 bits per heavy atom. The van der Waals surface area contributed by atoms with E-state index in [0.717, 1.165) is 35.6 Å². The minimum absolute atomic E-state index is 0.0281. The Hall–Kier alpha value is -3.20. The van der Waals surface area contributed by atoms with Crippen LogP contribution in [0.1, 0.15) is 10.4 Å². The van der Waals surface area contributed by atoms with E-state index in [-0.39, 0.29) is 22.0 Å². The zero-order valence-electron chi connectivity index (χ0n) is 13.6. The number of thiazole rings is 1. The van der Waals surface area contributed by atoms with Gasteiger partial charge in [0.05, 0.1) is 17.8 Å². The van der Waals surface area contributed by atoms with Crippen LogP contribution >= 0.6 is 11.3 Å². The van der Waals surface area contributed by atoms with Crippen molar-refractivity contribution in [1.82, 2.24) is 10.3 Å². The smallest absolute Gasteiger partial charge is 0.254 e. The number of amides is 2. The molecular weight excluding hydrogens is 379 g/mol. The number of benzene rings is 2. The van der Waals surface area contributed by atoms with Crippen LogP contribution in [-0.4, -0.2) is 23.3 Å². The first-order valence-corrected chi connectivity index (χ1v) is 8.55. The van der Waals surface area contributed by atoms with E-state index in [1.807, 2.05) is 0 Å². The zero-order chi connectivity index (χ0) is 19.4. The molecule has 0 spiro atoms. The average molecular weight is 391 g/mol. The molecular formula is C18H12F3N3O2S. The van der Waals surface area contributed by atoms with Crippen molar-refractivity contribution >= 4 is 28.3 Å². The van der Waals surface area contributed by atoms with E-state index in [9.17, 15) is 22.8 Å². The van der Waals surface area contributed by atoms with Gasteiger partial charge in [-0.2, -0.15) is 0 Å². The highest BCUT2D eigenvalue weighted by atomic mass is 32.1. The summed E-state index contributed by atoms with van der Waals surface area (Å²) in [5.41, 5.74) is -0.0364. The lowest BCUT2D eigenvalue weighted by atomic mass is 10.1. The molecule has 0 saturated carbocycles. The van der Waals surface area contributed by atoms with E-state index in [1.165, 1.54) is 23.6 Å². The molecule has 0 unspecified atom stereocenters. The second-order valence-electron chi connectivity index (χ2n) is 5.37. The Kier molecular flexibility index (Phi) is 5.51. The van der Waals surface area contributed by atoms with Crippen LogP contribution in [0.25, 0.3) is 11.3 Å². The maximum absolute atomic E-state index is 13.8. The van der Waals surface area contributed by atoms with Crippen LogP contribution in [0.3, 0.4) is 0 Å². The largest absolute Gasteiger partial charge is 0.343 e. The van der Waals surface area contributed by atoms with E-state index in [4.69, 9.17) is 0 Å². The van der Waals surface area contributed by atoms with Crippen LogP contribution in [0.4, 0.5) is 18.3 Å². The van der Waals surface area contributed by atoms with Crippen LogP contribution in [-0.2, 0) is 4.79 Å². The van der Waals surface area contributed by atoms with Gasteiger partial charge in [-0.05, 0) is 30.3 Å². The molecule has 27 heavy (non-hydrogen) atoms. The van der Waals surface area contributed by atoms with Crippen molar-refractivity contribution < 1.29 is 22.8 Å². The molecule has 0 saturated heterocycles. The highest BCUT2D eigenvalue weighted by Gasteiger charge is 2.14. The fourth-order valence-electron chi connectivity index (χ4n) is 2.21. The Labute approximate surface area is 155 Å². The van der Waals surface area contributed by atoms with Gasteiger partial charge in [0.15, 0.2) is 5.13 Å². The van der Waals surface area contributed by atoms with Crippen LogP contribution < -0.4 is 10.6 Å². The average Bonchev–Trinajstić information content (AvgIpc) is 3.10. The molecule has 0 aliphatic rings. The molecule has 0 atom stereocenters. The Morgan fingerprint density at radius 3 is 2.59 bits per heavy atom. The molecule has 0 fully saturated rings. The van der Waals surface area contributed by atoms with E-state index < -0.39 is 35.8 Å². The van der Waals surface area contributed by atoms with Crippen molar-refractivity contribution in [3.63, 3.8) is 0 Å². The number of nitrogens with zero attached hydrogens (tertiary/aromatic N) is 1. The molecule has 3 rings (SSSR count). The number of hydrogen-bond acceptors (Lipinski definition) is 4.